The van der Waals surface area contributed by atoms with Crippen molar-refractivity contribution in [2.24, 2.45) is 0 Å². The van der Waals surface area contributed by atoms with Crippen LogP contribution in [0.15, 0.2) is 54.6 Å². The first kappa shape index (κ1) is 19.3. The molecule has 1 saturated heterocycles. The molecule has 1 fully saturated rings. The Morgan fingerprint density at radius 3 is 2.71 bits per heavy atom. The Morgan fingerprint density at radius 2 is 2.00 bits per heavy atom. The monoisotopic (exact) mass is 419 g/mol. The van der Waals surface area contributed by atoms with Gasteiger partial charge in [-0.1, -0.05) is 30.3 Å². The van der Waals surface area contributed by atoms with Gasteiger partial charge in [0.1, 0.15) is 23.6 Å². The number of nitrogen functional groups attached to an aromatic ring is 1. The Balaban J connectivity index is 1.59. The molecule has 3 aromatic rings. The van der Waals surface area contributed by atoms with Gasteiger partial charge >= 0.3 is 0 Å². The number of aryl methyl sites for hydroxylation is 1. The van der Waals surface area contributed by atoms with Gasteiger partial charge in [-0.15, -0.1) is 0 Å². The molecule has 0 aliphatic carbocycles. The highest BCUT2D eigenvalue weighted by Crippen LogP contribution is 2.54. The van der Waals surface area contributed by atoms with Crippen molar-refractivity contribution in [1.29, 1.82) is 0 Å². The summed E-state index contributed by atoms with van der Waals surface area (Å²) in [6.45, 7) is 2.17. The number of anilines is 2. The SMILES string of the molecule is Cc1cc(N)n(CC(=O)N2CC[C@]3(C(=O)Nc4ccccc43)[C@@H]2c2ccc(F)cc2)n1. The lowest BCUT2D eigenvalue weighted by Gasteiger charge is -2.34. The predicted octanol–water partition coefficient (Wildman–Crippen LogP) is 2.78. The lowest BCUT2D eigenvalue weighted by molar-refractivity contribution is -0.134. The maximum atomic E-state index is 13.7. The van der Waals surface area contributed by atoms with Gasteiger partial charge in [-0.05, 0) is 42.7 Å². The number of likely N-dealkylation sites (tertiary alicyclic amines) is 1. The Kier molecular flexibility index (Phi) is 4.32. The third kappa shape index (κ3) is 2.90. The molecule has 0 saturated carbocycles. The van der Waals surface area contributed by atoms with Gasteiger partial charge in [0, 0.05) is 18.3 Å². The Morgan fingerprint density at radius 1 is 1.26 bits per heavy atom. The molecular weight excluding hydrogens is 397 g/mol. The topological polar surface area (TPSA) is 93.2 Å². The van der Waals surface area contributed by atoms with E-state index in [0.29, 0.717) is 24.3 Å². The molecule has 0 unspecified atom stereocenters. The van der Waals surface area contributed by atoms with Crippen molar-refractivity contribution in [3.05, 3.63) is 77.2 Å². The van der Waals surface area contributed by atoms with Crippen LogP contribution in [0, 0.1) is 12.7 Å². The molecule has 3 N–H and O–H groups in total. The van der Waals surface area contributed by atoms with Crippen LogP contribution in [0.3, 0.4) is 0 Å². The van der Waals surface area contributed by atoms with Crippen LogP contribution >= 0.6 is 0 Å². The van der Waals surface area contributed by atoms with E-state index in [4.69, 9.17) is 5.73 Å². The van der Waals surface area contributed by atoms with Crippen molar-refractivity contribution >= 4 is 23.3 Å². The van der Waals surface area contributed by atoms with Crippen molar-refractivity contribution in [1.82, 2.24) is 14.7 Å². The number of benzene rings is 2. The van der Waals surface area contributed by atoms with E-state index in [2.05, 4.69) is 10.4 Å². The van der Waals surface area contributed by atoms with E-state index in [9.17, 15) is 14.0 Å². The second-order valence-corrected chi connectivity index (χ2v) is 8.13. The number of aromatic nitrogens is 2. The number of fused-ring (bicyclic) bond motifs is 2. The second kappa shape index (κ2) is 6.94. The maximum absolute atomic E-state index is 13.7. The summed E-state index contributed by atoms with van der Waals surface area (Å²) in [4.78, 5) is 28.4. The molecule has 1 aromatic heterocycles. The van der Waals surface area contributed by atoms with Crippen LogP contribution in [0.25, 0.3) is 0 Å². The third-order valence-electron chi connectivity index (χ3n) is 6.31. The van der Waals surface area contributed by atoms with Crippen LogP contribution in [0.1, 0.15) is 29.3 Å². The molecule has 0 radical (unpaired) electrons. The number of carbonyl (C=O) groups is 2. The first-order chi connectivity index (χ1) is 14.9. The zero-order valence-corrected chi connectivity index (χ0v) is 17.0. The molecule has 1 spiro atoms. The van der Waals surface area contributed by atoms with Gasteiger partial charge in [0.25, 0.3) is 0 Å². The average molecular weight is 419 g/mol. The zero-order valence-electron chi connectivity index (χ0n) is 17.0. The second-order valence-electron chi connectivity index (χ2n) is 8.13. The minimum absolute atomic E-state index is 0.0310. The third-order valence-corrected chi connectivity index (χ3v) is 6.31. The number of nitrogens with two attached hydrogens (primary N) is 1. The fourth-order valence-electron chi connectivity index (χ4n) is 4.97. The van der Waals surface area contributed by atoms with Crippen LogP contribution in [-0.2, 0) is 21.5 Å². The summed E-state index contributed by atoms with van der Waals surface area (Å²) in [6, 6.07) is 14.7. The molecule has 2 aromatic carbocycles. The Hall–Kier alpha value is -3.68. The van der Waals surface area contributed by atoms with Crippen LogP contribution < -0.4 is 11.1 Å². The molecular formula is C23H22FN5O2. The lowest BCUT2D eigenvalue weighted by Crippen LogP contribution is -2.43. The molecule has 2 aliphatic rings. The lowest BCUT2D eigenvalue weighted by atomic mass is 9.72. The van der Waals surface area contributed by atoms with E-state index in [1.807, 2.05) is 31.2 Å². The van der Waals surface area contributed by atoms with Gasteiger partial charge in [-0.3, -0.25) is 9.59 Å². The number of halogens is 1. The smallest absolute Gasteiger partial charge is 0.244 e. The van der Waals surface area contributed by atoms with Crippen LogP contribution in [0.2, 0.25) is 0 Å². The number of amides is 2. The summed E-state index contributed by atoms with van der Waals surface area (Å²) in [5.74, 6) is -0.308. The summed E-state index contributed by atoms with van der Waals surface area (Å²) in [7, 11) is 0. The van der Waals surface area contributed by atoms with E-state index in [1.165, 1.54) is 16.8 Å². The first-order valence-corrected chi connectivity index (χ1v) is 10.2. The summed E-state index contributed by atoms with van der Waals surface area (Å²) in [6.07, 6.45) is 0.469. The normalized spacial score (nSPS) is 22.1. The molecule has 2 atom stereocenters. The van der Waals surface area contributed by atoms with Crippen LogP contribution in [0.4, 0.5) is 15.9 Å². The highest BCUT2D eigenvalue weighted by molar-refractivity contribution is 6.07. The first-order valence-electron chi connectivity index (χ1n) is 10.2. The number of rotatable bonds is 3. The molecule has 7 nitrogen and oxygen atoms in total. The fraction of sp³-hybridized carbons (Fsp3) is 0.261. The minimum atomic E-state index is -0.935. The maximum Gasteiger partial charge on any atom is 0.244 e. The van der Waals surface area contributed by atoms with E-state index >= 15 is 0 Å². The Bertz CT molecular complexity index is 1190. The summed E-state index contributed by atoms with van der Waals surface area (Å²) < 4.78 is 15.1. The Labute approximate surface area is 178 Å². The molecule has 2 aliphatic heterocycles. The minimum Gasteiger partial charge on any atom is -0.384 e. The highest BCUT2D eigenvalue weighted by Gasteiger charge is 2.59. The van der Waals surface area contributed by atoms with E-state index in [-0.39, 0.29) is 24.2 Å². The van der Waals surface area contributed by atoms with Gasteiger partial charge < -0.3 is 16.0 Å². The van der Waals surface area contributed by atoms with Crippen LogP contribution in [-0.4, -0.2) is 33.0 Å². The van der Waals surface area contributed by atoms with Crippen molar-refractivity contribution in [3.63, 3.8) is 0 Å². The average Bonchev–Trinajstić information content (AvgIpc) is 3.38. The summed E-state index contributed by atoms with van der Waals surface area (Å²) in [5, 5.41) is 7.26. The molecule has 3 heterocycles. The molecule has 8 heteroatoms. The number of carbonyl (C=O) groups excluding carboxylic acids is 2. The number of nitrogens with one attached hydrogen (secondary N) is 1. The number of hydrogen-bond donors (Lipinski definition) is 2. The van der Waals surface area contributed by atoms with Gasteiger partial charge in [0.2, 0.25) is 11.8 Å². The number of hydrogen-bond acceptors (Lipinski definition) is 4. The largest absolute Gasteiger partial charge is 0.384 e. The van der Waals surface area contributed by atoms with E-state index < -0.39 is 11.5 Å². The standard InChI is InChI=1S/C23H22FN5O2/c1-14-12-19(25)29(27-14)13-20(30)28-11-10-23(21(28)15-6-8-16(24)9-7-15)17-4-2-3-5-18(17)26-22(23)31/h2-9,12,21H,10-11,13,25H2,1H3,(H,26,31)/t21-,23+/m0/s1. The highest BCUT2D eigenvalue weighted by atomic mass is 19.1. The van der Waals surface area contributed by atoms with Crippen molar-refractivity contribution in [3.8, 4) is 0 Å². The van der Waals surface area contributed by atoms with E-state index in [1.54, 1.807) is 23.1 Å². The van der Waals surface area contributed by atoms with Gasteiger partial charge in [-0.25, -0.2) is 9.07 Å². The van der Waals surface area contributed by atoms with E-state index in [0.717, 1.165) is 16.9 Å². The molecule has 0 bridgehead atoms. The van der Waals surface area contributed by atoms with Gasteiger partial charge in [0.05, 0.1) is 11.7 Å². The van der Waals surface area contributed by atoms with Crippen molar-refractivity contribution in [2.75, 3.05) is 17.6 Å². The molecule has 2 amide bonds. The number of nitrogens with zero attached hydrogens (tertiary/aromatic N) is 3. The quantitative estimate of drug-likeness (QED) is 0.683. The number of para-hydroxylation sites is 1. The van der Waals surface area contributed by atoms with Gasteiger partial charge in [0.15, 0.2) is 0 Å². The van der Waals surface area contributed by atoms with Crippen molar-refractivity contribution < 1.29 is 14.0 Å². The fourth-order valence-corrected chi connectivity index (χ4v) is 4.97. The van der Waals surface area contributed by atoms with Crippen LogP contribution in [0.5, 0.6) is 0 Å². The van der Waals surface area contributed by atoms with Crippen molar-refractivity contribution in [2.45, 2.75) is 31.3 Å². The summed E-state index contributed by atoms with van der Waals surface area (Å²) >= 11 is 0. The molecule has 5 rings (SSSR count). The van der Waals surface area contributed by atoms with Gasteiger partial charge in [-0.2, -0.15) is 5.10 Å². The molecule has 158 valence electrons. The summed E-state index contributed by atoms with van der Waals surface area (Å²) in [5.41, 5.74) is 8.09. The predicted molar refractivity (Wildman–Crippen MR) is 114 cm³/mol. The zero-order chi connectivity index (χ0) is 21.8. The molecule has 31 heavy (non-hydrogen) atoms.